The van der Waals surface area contributed by atoms with Crippen molar-refractivity contribution in [3.63, 3.8) is 0 Å². The fourth-order valence-electron chi connectivity index (χ4n) is 0.779. The summed E-state index contributed by atoms with van der Waals surface area (Å²) in [7, 11) is 0. The van der Waals surface area contributed by atoms with Crippen LogP contribution in [-0.4, -0.2) is 11.8 Å². The molecule has 0 amide bonds. The Morgan fingerprint density at radius 2 is 2.27 bits per heavy atom. The summed E-state index contributed by atoms with van der Waals surface area (Å²) in [6, 6.07) is -0.305. The molecule has 0 bridgehead atoms. The fourth-order valence-corrected chi connectivity index (χ4v) is 0.779. The van der Waals surface area contributed by atoms with E-state index in [0.29, 0.717) is 6.42 Å². The minimum Gasteiger partial charge on any atom is -0.321 e. The summed E-state index contributed by atoms with van der Waals surface area (Å²) in [5, 5.41) is 0. The lowest BCUT2D eigenvalue weighted by molar-refractivity contribution is -0.119. The first-order valence-electron chi connectivity index (χ1n) is 3.90. The zero-order valence-electron chi connectivity index (χ0n) is 7.18. The Morgan fingerprint density at radius 1 is 1.64 bits per heavy atom. The van der Waals surface area contributed by atoms with Crippen LogP contribution < -0.4 is 5.73 Å². The van der Waals surface area contributed by atoms with Gasteiger partial charge in [-0.05, 0) is 13.3 Å². The van der Waals surface area contributed by atoms with Crippen LogP contribution in [0, 0.1) is 11.8 Å². The highest BCUT2D eigenvalue weighted by Gasteiger charge is 2.09. The van der Waals surface area contributed by atoms with Crippen LogP contribution in [0.15, 0.2) is 0 Å². The molecule has 0 aromatic heterocycles. The Kier molecular flexibility index (Phi) is 5.50. The predicted octanol–water partition coefficient (Wildman–Crippen LogP) is 1.10. The molecule has 0 rings (SSSR count). The Hall–Kier alpha value is -0.810. The summed E-state index contributed by atoms with van der Waals surface area (Å²) in [6.45, 7) is 3.73. The van der Waals surface area contributed by atoms with Gasteiger partial charge < -0.3 is 5.73 Å². The van der Waals surface area contributed by atoms with E-state index < -0.39 is 0 Å². The topological polar surface area (TPSA) is 43.1 Å². The monoisotopic (exact) mass is 153 g/mol. The van der Waals surface area contributed by atoms with E-state index in [0.717, 1.165) is 12.8 Å². The van der Waals surface area contributed by atoms with Crippen molar-refractivity contribution in [3.8, 4) is 11.8 Å². The van der Waals surface area contributed by atoms with Gasteiger partial charge in [-0.25, -0.2) is 0 Å². The van der Waals surface area contributed by atoms with Gasteiger partial charge in [0.25, 0.3) is 0 Å². The molecule has 0 aliphatic heterocycles. The van der Waals surface area contributed by atoms with Gasteiger partial charge in [-0.15, -0.1) is 5.92 Å². The number of rotatable bonds is 4. The normalized spacial score (nSPS) is 11.5. The Bertz CT molecular complexity index is 176. The van der Waals surface area contributed by atoms with Crippen LogP contribution in [0.1, 0.15) is 33.1 Å². The number of hydrogen-bond acceptors (Lipinski definition) is 2. The van der Waals surface area contributed by atoms with Gasteiger partial charge in [0.1, 0.15) is 0 Å². The number of hydrogen-bond donors (Lipinski definition) is 1. The van der Waals surface area contributed by atoms with Gasteiger partial charge in [-0.3, -0.25) is 4.79 Å². The van der Waals surface area contributed by atoms with Crippen LogP contribution in [0.25, 0.3) is 0 Å². The molecule has 2 heteroatoms. The third-order valence-corrected chi connectivity index (χ3v) is 1.45. The van der Waals surface area contributed by atoms with E-state index >= 15 is 0 Å². The van der Waals surface area contributed by atoms with Gasteiger partial charge in [0, 0.05) is 0 Å². The molecule has 1 unspecified atom stereocenters. The summed E-state index contributed by atoms with van der Waals surface area (Å²) in [4.78, 5) is 11.1. The van der Waals surface area contributed by atoms with Crippen LogP contribution in [0.5, 0.6) is 0 Å². The average Bonchev–Trinajstić information content (AvgIpc) is 2.00. The molecule has 2 N–H and O–H groups in total. The summed E-state index contributed by atoms with van der Waals surface area (Å²) in [6.07, 6.45) is 2.02. The number of carbonyl (C=O) groups excluding carboxylic acids is 1. The van der Waals surface area contributed by atoms with Crippen molar-refractivity contribution in [2.75, 3.05) is 0 Å². The Labute approximate surface area is 68.2 Å². The summed E-state index contributed by atoms with van der Waals surface area (Å²) in [5.41, 5.74) is 5.55. The lowest BCUT2D eigenvalue weighted by Crippen LogP contribution is -2.29. The second-order valence-corrected chi connectivity index (χ2v) is 2.47. The zero-order valence-corrected chi connectivity index (χ0v) is 7.18. The predicted molar refractivity (Wildman–Crippen MR) is 46.0 cm³/mol. The molecular formula is C9H15NO. The van der Waals surface area contributed by atoms with Gasteiger partial charge in [0.05, 0.1) is 12.5 Å². The summed E-state index contributed by atoms with van der Waals surface area (Å²) >= 11 is 0. The number of nitrogens with two attached hydrogens (primary N) is 1. The smallest absolute Gasteiger partial charge is 0.161 e. The summed E-state index contributed by atoms with van der Waals surface area (Å²) in [5.74, 6) is 5.43. The van der Waals surface area contributed by atoms with Crippen LogP contribution in [-0.2, 0) is 4.79 Å². The highest BCUT2D eigenvalue weighted by molar-refractivity contribution is 5.85. The molecule has 0 heterocycles. The van der Waals surface area contributed by atoms with Crippen LogP contribution in [0.2, 0.25) is 0 Å². The second-order valence-electron chi connectivity index (χ2n) is 2.47. The van der Waals surface area contributed by atoms with Gasteiger partial charge in [-0.2, -0.15) is 0 Å². The van der Waals surface area contributed by atoms with Crippen LogP contribution in [0.3, 0.4) is 0 Å². The van der Waals surface area contributed by atoms with Crippen molar-refractivity contribution in [3.05, 3.63) is 0 Å². The molecule has 0 aromatic rings. The quantitative estimate of drug-likeness (QED) is 0.614. The molecule has 62 valence electrons. The molecule has 0 fully saturated rings. The largest absolute Gasteiger partial charge is 0.321 e. The molecule has 0 radical (unpaired) electrons. The highest BCUT2D eigenvalue weighted by Crippen LogP contribution is 1.96. The SMILES string of the molecule is CC#CCC(=O)C(N)CCC. The second kappa shape index (κ2) is 5.94. The third kappa shape index (κ3) is 4.58. The maximum atomic E-state index is 11.1. The minimum atomic E-state index is -0.305. The number of ketones is 1. The molecule has 1 atom stereocenters. The van der Waals surface area contributed by atoms with Crippen molar-refractivity contribution in [2.45, 2.75) is 39.2 Å². The van der Waals surface area contributed by atoms with Crippen molar-refractivity contribution < 1.29 is 4.79 Å². The molecule has 0 aliphatic carbocycles. The van der Waals surface area contributed by atoms with E-state index in [2.05, 4.69) is 11.8 Å². The van der Waals surface area contributed by atoms with E-state index in [1.165, 1.54) is 0 Å². The first-order valence-corrected chi connectivity index (χ1v) is 3.90. The first-order chi connectivity index (χ1) is 5.22. The lowest BCUT2D eigenvalue weighted by Gasteiger charge is -2.05. The molecule has 11 heavy (non-hydrogen) atoms. The standard InChI is InChI=1S/C9H15NO/c1-3-5-7-9(11)8(10)6-4-2/h8H,4,6-7,10H2,1-2H3. The Morgan fingerprint density at radius 3 is 2.73 bits per heavy atom. The summed E-state index contributed by atoms with van der Waals surface area (Å²) < 4.78 is 0. The highest BCUT2D eigenvalue weighted by atomic mass is 16.1. The molecule has 0 aromatic carbocycles. The minimum absolute atomic E-state index is 0.0567. The van der Waals surface area contributed by atoms with Gasteiger partial charge in [-0.1, -0.05) is 19.3 Å². The average molecular weight is 153 g/mol. The van der Waals surface area contributed by atoms with Crippen molar-refractivity contribution in [1.82, 2.24) is 0 Å². The molecule has 0 aliphatic rings. The van der Waals surface area contributed by atoms with Crippen LogP contribution >= 0.6 is 0 Å². The molecular weight excluding hydrogens is 138 g/mol. The van der Waals surface area contributed by atoms with E-state index in [4.69, 9.17) is 5.73 Å². The Balaban J connectivity index is 3.70. The van der Waals surface area contributed by atoms with E-state index in [1.807, 2.05) is 6.92 Å². The third-order valence-electron chi connectivity index (χ3n) is 1.45. The van der Waals surface area contributed by atoms with E-state index in [9.17, 15) is 4.79 Å². The zero-order chi connectivity index (χ0) is 8.69. The van der Waals surface area contributed by atoms with E-state index in [-0.39, 0.29) is 11.8 Å². The van der Waals surface area contributed by atoms with Crippen LogP contribution in [0.4, 0.5) is 0 Å². The number of Topliss-reactive ketones (excluding diaryl/α,β-unsaturated/α-hetero) is 1. The van der Waals surface area contributed by atoms with E-state index in [1.54, 1.807) is 6.92 Å². The van der Waals surface area contributed by atoms with Crippen molar-refractivity contribution in [2.24, 2.45) is 5.73 Å². The lowest BCUT2D eigenvalue weighted by atomic mass is 10.1. The van der Waals surface area contributed by atoms with Crippen molar-refractivity contribution in [1.29, 1.82) is 0 Å². The van der Waals surface area contributed by atoms with Gasteiger partial charge in [0.2, 0.25) is 0 Å². The fraction of sp³-hybridized carbons (Fsp3) is 0.667. The first kappa shape index (κ1) is 10.2. The maximum Gasteiger partial charge on any atom is 0.161 e. The molecule has 0 spiro atoms. The maximum absolute atomic E-state index is 11.1. The molecule has 2 nitrogen and oxygen atoms in total. The van der Waals surface area contributed by atoms with Crippen molar-refractivity contribution >= 4 is 5.78 Å². The van der Waals surface area contributed by atoms with Gasteiger partial charge >= 0.3 is 0 Å². The molecule has 0 saturated carbocycles. The number of carbonyl (C=O) groups is 1. The van der Waals surface area contributed by atoms with Gasteiger partial charge in [0.15, 0.2) is 5.78 Å². The molecule has 0 saturated heterocycles.